The summed E-state index contributed by atoms with van der Waals surface area (Å²) < 4.78 is 71.8. The van der Waals surface area contributed by atoms with E-state index in [-0.39, 0.29) is 27.9 Å². The Balaban J connectivity index is 1.47. The Bertz CT molecular complexity index is 1950. The van der Waals surface area contributed by atoms with E-state index in [1.807, 2.05) is 6.07 Å². The van der Waals surface area contributed by atoms with Gasteiger partial charge in [0.1, 0.15) is 27.2 Å². The molecule has 1 aliphatic rings. The van der Waals surface area contributed by atoms with Crippen LogP contribution < -0.4 is 15.4 Å². The molecule has 0 aliphatic carbocycles. The molecule has 0 saturated heterocycles. The molecule has 0 aromatic heterocycles. The number of azo groups is 1. The first-order chi connectivity index (χ1) is 21.6. The number of benzene rings is 4. The minimum Gasteiger partial charge on any atom is -0.446 e. The highest BCUT2D eigenvalue weighted by Crippen LogP contribution is 2.39. The molecule has 1 unspecified atom stereocenters. The molecular weight excluding hydrogens is 658 g/mol. The normalized spacial score (nSPS) is 15.5. The largest absolute Gasteiger partial charge is 0.446 e. The quantitative estimate of drug-likeness (QED) is 0.0180. The lowest BCUT2D eigenvalue weighted by Crippen LogP contribution is -2.31. The predicted molar refractivity (Wildman–Crippen MR) is 163 cm³/mol. The van der Waals surface area contributed by atoms with Crippen molar-refractivity contribution in [2.45, 2.75) is 16.1 Å². The lowest BCUT2D eigenvalue weighted by atomic mass is 10.1. The third kappa shape index (κ3) is 8.17. The number of halogens is 3. The maximum atomic E-state index is 13.7. The van der Waals surface area contributed by atoms with E-state index in [4.69, 9.17) is 21.6 Å². The number of nitrogens with zero attached hydrogens (tertiary/aromatic N) is 4. The van der Waals surface area contributed by atoms with Gasteiger partial charge in [-0.05, 0) is 66.0 Å². The van der Waals surface area contributed by atoms with Crippen LogP contribution in [-0.4, -0.2) is 37.0 Å². The summed E-state index contributed by atoms with van der Waals surface area (Å²) in [6.45, 7) is 0. The van der Waals surface area contributed by atoms with Gasteiger partial charge in [0.25, 0.3) is 16.2 Å². The summed E-state index contributed by atoms with van der Waals surface area (Å²) >= 11 is 6.47. The Morgan fingerprint density at radius 3 is 2.51 bits per heavy atom. The van der Waals surface area contributed by atoms with Gasteiger partial charge in [-0.25, -0.2) is 14.6 Å². The number of amidine groups is 1. The van der Waals surface area contributed by atoms with Crippen LogP contribution in [0.15, 0.2) is 120 Å². The van der Waals surface area contributed by atoms with Gasteiger partial charge in [-0.3, -0.25) is 4.55 Å². The first-order valence-electron chi connectivity index (χ1n) is 12.4. The van der Waals surface area contributed by atoms with Crippen LogP contribution in [0.1, 0.15) is 0 Å². The zero-order valence-corrected chi connectivity index (χ0v) is 24.7. The number of ether oxygens (including phenoxy) is 1. The summed E-state index contributed by atoms with van der Waals surface area (Å²) in [5.74, 6) is 0.379. The van der Waals surface area contributed by atoms with Crippen LogP contribution in [0, 0.1) is 0 Å². The molecule has 0 amide bonds. The molecule has 0 bridgehead atoms. The van der Waals surface area contributed by atoms with Gasteiger partial charge >= 0.3 is 0 Å². The second-order valence-electron chi connectivity index (χ2n) is 8.83. The maximum Gasteiger partial charge on any atom is 0.296 e. The highest BCUT2D eigenvalue weighted by Gasteiger charge is 2.23. The predicted octanol–water partition coefficient (Wildman–Crippen LogP) is 7.71. The Morgan fingerprint density at radius 2 is 1.80 bits per heavy atom. The average Bonchev–Trinajstić information content (AvgIpc) is 3.01. The van der Waals surface area contributed by atoms with Gasteiger partial charge in [0.2, 0.25) is 6.30 Å². The number of nitrogens with one attached hydrogen (secondary N) is 2. The standard InChI is InChI=1S/C27H19ClF2N6O7S2/c28-24-25(29)33-27(30)34-26(24)32-16-6-8-17(9-7-16)35-36-22-13-20-15(11-23(22)45(38,39)40)10-19(44-43-42-37)12-21(20)31-14-41-18-4-2-1-3-5-18/h1-14,25,32,37H,(H,33,34)(H,38,39,40). The van der Waals surface area contributed by atoms with E-state index in [1.165, 1.54) is 48.9 Å². The van der Waals surface area contributed by atoms with E-state index in [9.17, 15) is 21.8 Å². The summed E-state index contributed by atoms with van der Waals surface area (Å²) in [5, 5.41) is 25.6. The van der Waals surface area contributed by atoms with E-state index >= 15 is 0 Å². The van der Waals surface area contributed by atoms with E-state index in [1.54, 1.807) is 30.3 Å². The van der Waals surface area contributed by atoms with Gasteiger partial charge in [-0.15, -0.1) is 9.45 Å². The molecule has 232 valence electrons. The lowest BCUT2D eigenvalue weighted by Gasteiger charge is -2.18. The number of fused-ring (bicyclic) bond motifs is 1. The van der Waals surface area contributed by atoms with Crippen molar-refractivity contribution in [2.24, 2.45) is 20.2 Å². The number of hydrogen-bond acceptors (Lipinski definition) is 13. The topological polar surface area (TPSA) is 176 Å². The Morgan fingerprint density at radius 1 is 1.04 bits per heavy atom. The molecular formula is C27H19ClF2N6O7S2. The number of aliphatic imine (C=N–C) groups is 2. The summed E-state index contributed by atoms with van der Waals surface area (Å²) in [6, 6.07) is 20.4. The zero-order valence-electron chi connectivity index (χ0n) is 22.3. The molecule has 1 aliphatic heterocycles. The molecule has 4 aromatic carbocycles. The maximum absolute atomic E-state index is 13.7. The molecule has 4 N–H and O–H groups in total. The van der Waals surface area contributed by atoms with Crippen molar-refractivity contribution >= 4 is 79.8 Å². The van der Waals surface area contributed by atoms with E-state index < -0.39 is 27.4 Å². The van der Waals surface area contributed by atoms with Crippen LogP contribution in [0.3, 0.4) is 0 Å². The van der Waals surface area contributed by atoms with Crippen LogP contribution in [0.2, 0.25) is 0 Å². The highest BCUT2D eigenvalue weighted by atomic mass is 35.5. The Hall–Kier alpha value is -4.49. The average molecular weight is 677 g/mol. The van der Waals surface area contributed by atoms with E-state index in [0.29, 0.717) is 39.1 Å². The first-order valence-corrected chi connectivity index (χ1v) is 15.0. The number of rotatable bonds is 11. The lowest BCUT2D eigenvalue weighted by molar-refractivity contribution is -0.432. The summed E-state index contributed by atoms with van der Waals surface area (Å²) in [4.78, 5) is 7.17. The Kier molecular flexibility index (Phi) is 9.99. The molecule has 0 radical (unpaired) electrons. The Labute approximate surface area is 262 Å². The van der Waals surface area contributed by atoms with Crippen molar-refractivity contribution in [3.63, 3.8) is 0 Å². The molecule has 0 saturated carbocycles. The second kappa shape index (κ2) is 14.1. The van der Waals surface area contributed by atoms with Crippen LogP contribution in [0.25, 0.3) is 10.8 Å². The number of hydrogen-bond donors (Lipinski definition) is 4. The fourth-order valence-electron chi connectivity index (χ4n) is 3.90. The van der Waals surface area contributed by atoms with Crippen LogP contribution in [-0.2, 0) is 19.5 Å². The summed E-state index contributed by atoms with van der Waals surface area (Å²) in [6.07, 6.45) is -2.03. The molecule has 13 nitrogen and oxygen atoms in total. The van der Waals surface area contributed by atoms with Crippen LogP contribution in [0.4, 0.5) is 31.5 Å². The third-order valence-electron chi connectivity index (χ3n) is 5.86. The minimum atomic E-state index is -4.79. The number of alkyl halides is 1. The minimum absolute atomic E-state index is 0.135. The second-order valence-corrected chi connectivity index (χ2v) is 11.4. The number of anilines is 1. The third-order valence-corrected chi connectivity index (χ3v) is 7.67. The molecule has 5 rings (SSSR count). The van der Waals surface area contributed by atoms with E-state index in [2.05, 4.69) is 40.2 Å². The van der Waals surface area contributed by atoms with Crippen molar-refractivity contribution in [3.05, 3.63) is 89.7 Å². The van der Waals surface area contributed by atoms with Crippen molar-refractivity contribution in [1.29, 1.82) is 0 Å². The highest BCUT2D eigenvalue weighted by molar-refractivity contribution is 7.94. The van der Waals surface area contributed by atoms with Crippen molar-refractivity contribution < 1.29 is 41.1 Å². The van der Waals surface area contributed by atoms with Gasteiger partial charge in [0.05, 0.1) is 23.4 Å². The molecule has 0 fully saturated rings. The van der Waals surface area contributed by atoms with Gasteiger partial charge in [0, 0.05) is 16.0 Å². The fourth-order valence-corrected chi connectivity index (χ4v) is 5.13. The molecule has 4 aromatic rings. The molecule has 18 heteroatoms. The molecule has 1 atom stereocenters. The monoisotopic (exact) mass is 676 g/mol. The van der Waals surface area contributed by atoms with Gasteiger partial charge in [0.15, 0.2) is 6.40 Å². The van der Waals surface area contributed by atoms with Crippen molar-refractivity contribution in [2.75, 3.05) is 5.32 Å². The first kappa shape index (κ1) is 31.9. The summed E-state index contributed by atoms with van der Waals surface area (Å²) in [7, 11) is -4.79. The van der Waals surface area contributed by atoms with Crippen molar-refractivity contribution in [3.8, 4) is 5.75 Å². The van der Waals surface area contributed by atoms with E-state index in [0.717, 1.165) is 0 Å². The molecule has 1 heterocycles. The SMILES string of the molecule is O=S(=O)(O)c1cc2cc(SOOO)cc(N=COc3ccccc3)c2cc1N=Nc1ccc(NC2=C(Cl)C(F)N=C(F)N2)cc1. The fraction of sp³-hybridized carbons (Fsp3) is 0.0370. The smallest absolute Gasteiger partial charge is 0.296 e. The summed E-state index contributed by atoms with van der Waals surface area (Å²) in [5.41, 5.74) is 0.708. The zero-order chi connectivity index (χ0) is 32.0. The number of para-hydroxylation sites is 1. The van der Waals surface area contributed by atoms with Gasteiger partial charge < -0.3 is 15.4 Å². The van der Waals surface area contributed by atoms with Crippen LogP contribution >= 0.6 is 23.6 Å². The van der Waals surface area contributed by atoms with Gasteiger partial charge in [-0.2, -0.15) is 22.9 Å². The molecule has 45 heavy (non-hydrogen) atoms. The van der Waals surface area contributed by atoms with Gasteiger partial charge in [-0.1, -0.05) is 34.8 Å². The van der Waals surface area contributed by atoms with Crippen LogP contribution in [0.5, 0.6) is 5.75 Å². The molecule has 0 spiro atoms. The van der Waals surface area contributed by atoms with Crippen molar-refractivity contribution in [1.82, 2.24) is 5.32 Å².